The predicted octanol–water partition coefficient (Wildman–Crippen LogP) is 2.13. The Hall–Kier alpha value is -1.67. The number of ether oxygens (including phenoxy) is 1. The minimum absolute atomic E-state index is 0.0928. The molecular weight excluding hydrogens is 357 g/mol. The van der Waals surface area contributed by atoms with Crippen molar-refractivity contribution in [2.24, 2.45) is 0 Å². The van der Waals surface area contributed by atoms with Gasteiger partial charge in [0.2, 0.25) is 0 Å². The summed E-state index contributed by atoms with van der Waals surface area (Å²) in [6.07, 6.45) is -0.179. The van der Waals surface area contributed by atoms with Gasteiger partial charge in [0.25, 0.3) is 0 Å². The monoisotopic (exact) mass is 373 g/mol. The first-order chi connectivity index (χ1) is 11.4. The van der Waals surface area contributed by atoms with Crippen molar-refractivity contribution in [1.82, 2.24) is 13.9 Å². The molecule has 0 aliphatic carbocycles. The second-order valence-corrected chi connectivity index (χ2v) is 7.29. The van der Waals surface area contributed by atoms with E-state index in [9.17, 15) is 14.0 Å². The molecule has 1 aromatic heterocycles. The number of halogens is 2. The molecule has 0 fully saturated rings. The quantitative estimate of drug-likeness (QED) is 0.827. The average Bonchev–Trinajstić information content (AvgIpc) is 2.70. The van der Waals surface area contributed by atoms with E-state index >= 15 is 0 Å². The van der Waals surface area contributed by atoms with Crippen molar-refractivity contribution in [2.75, 3.05) is 11.5 Å². The molecule has 0 saturated carbocycles. The summed E-state index contributed by atoms with van der Waals surface area (Å²) in [6.45, 7) is 4.43. The zero-order valence-corrected chi connectivity index (χ0v) is 14.9. The van der Waals surface area contributed by atoms with Gasteiger partial charge in [0.1, 0.15) is 11.6 Å². The fourth-order valence-electron chi connectivity index (χ4n) is 2.60. The fourth-order valence-corrected chi connectivity index (χ4v) is 3.60. The van der Waals surface area contributed by atoms with Crippen LogP contribution >= 0.6 is 23.4 Å². The molecule has 2 aromatic rings. The highest BCUT2D eigenvalue weighted by Crippen LogP contribution is 2.29. The molecule has 3 rings (SSSR count). The van der Waals surface area contributed by atoms with E-state index < -0.39 is 17.2 Å². The molecule has 2 heterocycles. The number of thioether (sulfide) groups is 1. The summed E-state index contributed by atoms with van der Waals surface area (Å²) in [5, 5.41) is 0.0928. The second-order valence-electron chi connectivity index (χ2n) is 5.66. The number of hydrogen-bond acceptors (Lipinski definition) is 4. The molecule has 1 aliphatic heterocycles. The Balaban J connectivity index is 2.20. The predicted molar refractivity (Wildman–Crippen MR) is 92.3 cm³/mol. The molecule has 6 nitrogen and oxygen atoms in total. The van der Waals surface area contributed by atoms with Gasteiger partial charge in [-0.05, 0) is 19.9 Å². The third kappa shape index (κ3) is 3.00. The number of hydrogen-bond donors (Lipinski definition) is 0. The Morgan fingerprint density at radius 2 is 1.75 bits per heavy atom. The number of nitrogens with zero attached hydrogens (tertiary/aromatic N) is 3. The van der Waals surface area contributed by atoms with Crippen molar-refractivity contribution in [1.29, 1.82) is 0 Å². The van der Waals surface area contributed by atoms with Gasteiger partial charge in [-0.25, -0.2) is 27.9 Å². The molecule has 1 aliphatic rings. The summed E-state index contributed by atoms with van der Waals surface area (Å²) in [4.78, 5) is 25.2. The molecule has 130 valence electrons. The summed E-state index contributed by atoms with van der Waals surface area (Å²) in [7, 11) is 0. The fraction of sp³-hybridized carbons (Fsp3) is 0.467. The van der Waals surface area contributed by atoms with Crippen molar-refractivity contribution in [2.45, 2.75) is 33.0 Å². The number of aromatic nitrogens is 3. The molecule has 0 N–H and O–H groups in total. The number of fused-ring (bicyclic) bond motifs is 1. The van der Waals surface area contributed by atoms with Crippen LogP contribution in [0.4, 0.5) is 4.39 Å². The lowest BCUT2D eigenvalue weighted by Gasteiger charge is -2.13. The van der Waals surface area contributed by atoms with Gasteiger partial charge in [-0.3, -0.25) is 0 Å². The van der Waals surface area contributed by atoms with Gasteiger partial charge in [-0.15, -0.1) is 0 Å². The summed E-state index contributed by atoms with van der Waals surface area (Å²) >= 11 is 7.66. The maximum Gasteiger partial charge on any atom is 0.351 e. The van der Waals surface area contributed by atoms with Gasteiger partial charge < -0.3 is 4.74 Å². The van der Waals surface area contributed by atoms with E-state index in [2.05, 4.69) is 0 Å². The van der Waals surface area contributed by atoms with Crippen LogP contribution in [0.5, 0.6) is 5.75 Å². The zero-order chi connectivity index (χ0) is 17.4. The molecule has 0 unspecified atom stereocenters. The van der Waals surface area contributed by atoms with E-state index in [1.54, 1.807) is 25.6 Å². The minimum Gasteiger partial charge on any atom is -0.489 e. The summed E-state index contributed by atoms with van der Waals surface area (Å²) in [6, 6.07) is 2.36. The third-order valence-electron chi connectivity index (χ3n) is 3.62. The van der Waals surface area contributed by atoms with Gasteiger partial charge in [0.15, 0.2) is 0 Å². The van der Waals surface area contributed by atoms with Crippen molar-refractivity contribution >= 4 is 23.4 Å². The van der Waals surface area contributed by atoms with Crippen molar-refractivity contribution in [3.63, 3.8) is 0 Å². The largest absolute Gasteiger partial charge is 0.489 e. The van der Waals surface area contributed by atoms with Crippen LogP contribution in [0, 0.1) is 5.82 Å². The molecular formula is C15H17ClFN3O3S. The Labute approximate surface area is 146 Å². The average molecular weight is 374 g/mol. The van der Waals surface area contributed by atoms with Crippen molar-refractivity contribution < 1.29 is 9.13 Å². The van der Waals surface area contributed by atoms with E-state index in [4.69, 9.17) is 16.3 Å². The topological polar surface area (TPSA) is 58.2 Å². The van der Waals surface area contributed by atoms with Crippen LogP contribution in [-0.2, 0) is 13.1 Å². The SMILES string of the molecule is CC(C)Oc1cc(-n2c(=O)n3n(c2=O)CCSCC3)c(F)cc1Cl. The van der Waals surface area contributed by atoms with Crippen LogP contribution < -0.4 is 16.1 Å². The lowest BCUT2D eigenvalue weighted by molar-refractivity contribution is 0.242. The lowest BCUT2D eigenvalue weighted by Crippen LogP contribution is -2.29. The smallest absolute Gasteiger partial charge is 0.351 e. The second kappa shape index (κ2) is 6.68. The standard InChI is InChI=1S/C15H17ClFN3O3S/c1-9(2)23-13-8-12(11(17)7-10(13)16)20-14(21)18-3-5-24-6-4-19(18)15(20)22/h7-9H,3-6H2,1-2H3. The van der Waals surface area contributed by atoms with Gasteiger partial charge in [-0.1, -0.05) is 11.6 Å². The first-order valence-electron chi connectivity index (χ1n) is 7.56. The first kappa shape index (κ1) is 17.2. The Kier molecular flexibility index (Phi) is 4.78. The van der Waals surface area contributed by atoms with Crippen LogP contribution in [0.25, 0.3) is 5.69 Å². The minimum atomic E-state index is -0.744. The molecule has 0 spiro atoms. The summed E-state index contributed by atoms with van der Waals surface area (Å²) < 4.78 is 23.5. The first-order valence-corrected chi connectivity index (χ1v) is 9.10. The molecule has 1 aromatic carbocycles. The number of rotatable bonds is 3. The van der Waals surface area contributed by atoms with Crippen LogP contribution in [-0.4, -0.2) is 31.5 Å². The maximum absolute atomic E-state index is 14.4. The van der Waals surface area contributed by atoms with Crippen LogP contribution in [0.15, 0.2) is 21.7 Å². The van der Waals surface area contributed by atoms with E-state index in [-0.39, 0.29) is 22.6 Å². The van der Waals surface area contributed by atoms with E-state index in [1.807, 2.05) is 0 Å². The number of benzene rings is 1. The van der Waals surface area contributed by atoms with Gasteiger partial charge >= 0.3 is 11.4 Å². The summed E-state index contributed by atoms with van der Waals surface area (Å²) in [5.41, 5.74) is -1.26. The van der Waals surface area contributed by atoms with Gasteiger partial charge in [-0.2, -0.15) is 11.8 Å². The molecule has 0 bridgehead atoms. The highest BCUT2D eigenvalue weighted by atomic mass is 35.5. The van der Waals surface area contributed by atoms with E-state index in [1.165, 1.54) is 15.4 Å². The van der Waals surface area contributed by atoms with E-state index in [0.717, 1.165) is 22.1 Å². The summed E-state index contributed by atoms with van der Waals surface area (Å²) in [5.74, 6) is 0.949. The van der Waals surface area contributed by atoms with Crippen molar-refractivity contribution in [3.05, 3.63) is 43.9 Å². The zero-order valence-electron chi connectivity index (χ0n) is 13.3. The van der Waals surface area contributed by atoms with Crippen LogP contribution in [0.3, 0.4) is 0 Å². The molecule has 0 radical (unpaired) electrons. The van der Waals surface area contributed by atoms with E-state index in [0.29, 0.717) is 13.1 Å². The highest BCUT2D eigenvalue weighted by molar-refractivity contribution is 7.99. The maximum atomic E-state index is 14.4. The highest BCUT2D eigenvalue weighted by Gasteiger charge is 2.22. The Morgan fingerprint density at radius 3 is 2.29 bits per heavy atom. The molecule has 9 heteroatoms. The van der Waals surface area contributed by atoms with Gasteiger partial charge in [0.05, 0.1) is 29.9 Å². The molecule has 24 heavy (non-hydrogen) atoms. The van der Waals surface area contributed by atoms with Gasteiger partial charge in [0, 0.05) is 17.6 Å². The van der Waals surface area contributed by atoms with Crippen LogP contribution in [0.1, 0.15) is 13.8 Å². The molecule has 0 amide bonds. The van der Waals surface area contributed by atoms with Crippen molar-refractivity contribution in [3.8, 4) is 11.4 Å². The normalized spacial score (nSPS) is 14.5. The Morgan fingerprint density at radius 1 is 1.17 bits per heavy atom. The third-order valence-corrected chi connectivity index (χ3v) is 4.85. The lowest BCUT2D eigenvalue weighted by atomic mass is 10.2. The van der Waals surface area contributed by atoms with Crippen LogP contribution in [0.2, 0.25) is 5.02 Å². The Bertz CT molecular complexity index is 850. The molecule has 0 saturated heterocycles. The molecule has 0 atom stereocenters.